The number of halogens is 2. The van der Waals surface area contributed by atoms with Gasteiger partial charge < -0.3 is 4.90 Å². The standard InChI is InChI=1S/C18H17F2N5O2S/c19-15-9-17(18(20)21-11-15)25-12-14(10-22-25)13-1-3-16(4-2-13)23-5-7-24(8-6-23)28(26)27/h1-4,9-12H,5-8H2,(H,26,27). The Balaban J connectivity index is 1.50. The molecule has 1 N–H and O–H groups in total. The zero-order valence-corrected chi connectivity index (χ0v) is 15.5. The van der Waals surface area contributed by atoms with Crippen LogP contribution in [0.3, 0.4) is 0 Å². The van der Waals surface area contributed by atoms with Gasteiger partial charge in [0.05, 0.1) is 12.4 Å². The Hall–Kier alpha value is -2.69. The van der Waals surface area contributed by atoms with Crippen LogP contribution in [0.1, 0.15) is 0 Å². The number of anilines is 1. The van der Waals surface area contributed by atoms with E-state index < -0.39 is 23.0 Å². The van der Waals surface area contributed by atoms with E-state index in [9.17, 15) is 13.0 Å². The molecular formula is C18H17F2N5O2S. The molecule has 1 aliphatic rings. The van der Waals surface area contributed by atoms with Gasteiger partial charge in [-0.25, -0.2) is 18.3 Å². The monoisotopic (exact) mass is 405 g/mol. The molecular weight excluding hydrogens is 388 g/mol. The van der Waals surface area contributed by atoms with Gasteiger partial charge in [-0.1, -0.05) is 12.1 Å². The predicted molar refractivity (Wildman–Crippen MR) is 101 cm³/mol. The molecule has 2 aromatic heterocycles. The first-order chi connectivity index (χ1) is 13.5. The summed E-state index contributed by atoms with van der Waals surface area (Å²) >= 11 is -1.93. The molecule has 0 spiro atoms. The fourth-order valence-electron chi connectivity index (χ4n) is 3.14. The third kappa shape index (κ3) is 3.79. The van der Waals surface area contributed by atoms with Crippen LogP contribution in [0.15, 0.2) is 48.9 Å². The summed E-state index contributed by atoms with van der Waals surface area (Å²) in [6.45, 7) is 2.36. The van der Waals surface area contributed by atoms with E-state index in [1.54, 1.807) is 12.4 Å². The van der Waals surface area contributed by atoms with Crippen LogP contribution >= 0.6 is 0 Å². The number of pyridine rings is 1. The predicted octanol–water partition coefficient (Wildman–Crippen LogP) is 2.47. The zero-order chi connectivity index (χ0) is 19.7. The van der Waals surface area contributed by atoms with Crippen LogP contribution in [0.2, 0.25) is 0 Å². The first kappa shape index (κ1) is 18.7. The molecule has 3 heterocycles. The van der Waals surface area contributed by atoms with E-state index in [0.29, 0.717) is 26.2 Å². The van der Waals surface area contributed by atoms with Crippen molar-refractivity contribution in [1.29, 1.82) is 0 Å². The lowest BCUT2D eigenvalue weighted by molar-refractivity contribution is 0.373. The number of piperazine rings is 1. The van der Waals surface area contributed by atoms with Gasteiger partial charge in [0.2, 0.25) is 17.2 Å². The lowest BCUT2D eigenvalue weighted by Crippen LogP contribution is -2.46. The van der Waals surface area contributed by atoms with Crippen LogP contribution in [0.4, 0.5) is 14.5 Å². The number of benzene rings is 1. The number of hydrogen-bond donors (Lipinski definition) is 1. The highest BCUT2D eigenvalue weighted by Crippen LogP contribution is 2.25. The van der Waals surface area contributed by atoms with Crippen molar-refractivity contribution in [2.45, 2.75) is 0 Å². The molecule has 0 saturated carbocycles. The first-order valence-corrected chi connectivity index (χ1v) is 9.65. The number of rotatable bonds is 4. The summed E-state index contributed by atoms with van der Waals surface area (Å²) in [5.74, 6) is -1.43. The van der Waals surface area contributed by atoms with Crippen molar-refractivity contribution >= 4 is 17.0 Å². The summed E-state index contributed by atoms with van der Waals surface area (Å²) < 4.78 is 50.2. The summed E-state index contributed by atoms with van der Waals surface area (Å²) in [5.41, 5.74) is 2.60. The van der Waals surface area contributed by atoms with Crippen LogP contribution in [0.25, 0.3) is 16.8 Å². The molecule has 1 fully saturated rings. The van der Waals surface area contributed by atoms with Gasteiger partial charge in [-0.2, -0.15) is 13.8 Å². The molecule has 10 heteroatoms. The Morgan fingerprint density at radius 3 is 2.39 bits per heavy atom. The highest BCUT2D eigenvalue weighted by molar-refractivity contribution is 7.76. The second-order valence-corrected chi connectivity index (χ2v) is 7.31. The lowest BCUT2D eigenvalue weighted by Gasteiger charge is -2.33. The Morgan fingerprint density at radius 1 is 1.00 bits per heavy atom. The molecule has 1 unspecified atom stereocenters. The van der Waals surface area contributed by atoms with E-state index in [1.165, 1.54) is 8.99 Å². The van der Waals surface area contributed by atoms with Gasteiger partial charge in [0.15, 0.2) is 0 Å². The summed E-state index contributed by atoms with van der Waals surface area (Å²) in [4.78, 5) is 5.51. The van der Waals surface area contributed by atoms with Gasteiger partial charge in [-0.3, -0.25) is 4.55 Å². The number of nitrogens with zero attached hydrogens (tertiary/aromatic N) is 5. The Labute approximate surface area is 162 Å². The maximum absolute atomic E-state index is 13.8. The van der Waals surface area contributed by atoms with Crippen LogP contribution in [-0.4, -0.2) is 54.0 Å². The summed E-state index contributed by atoms with van der Waals surface area (Å²) in [6.07, 6.45) is 4.01. The smallest absolute Gasteiger partial charge is 0.238 e. The molecule has 1 saturated heterocycles. The highest BCUT2D eigenvalue weighted by Gasteiger charge is 2.20. The fourth-order valence-corrected chi connectivity index (χ4v) is 3.62. The van der Waals surface area contributed by atoms with Gasteiger partial charge in [0, 0.05) is 49.7 Å². The van der Waals surface area contributed by atoms with Gasteiger partial charge in [-0.15, -0.1) is 0 Å². The van der Waals surface area contributed by atoms with Crippen LogP contribution in [0.5, 0.6) is 0 Å². The van der Waals surface area contributed by atoms with Crippen LogP contribution in [-0.2, 0) is 11.3 Å². The average molecular weight is 405 g/mol. The van der Waals surface area contributed by atoms with E-state index in [0.717, 1.165) is 29.1 Å². The van der Waals surface area contributed by atoms with Crippen molar-refractivity contribution in [1.82, 2.24) is 19.1 Å². The molecule has 1 aliphatic heterocycles. The van der Waals surface area contributed by atoms with Crippen molar-refractivity contribution in [2.24, 2.45) is 0 Å². The van der Waals surface area contributed by atoms with E-state index in [1.807, 2.05) is 24.3 Å². The Kier molecular flexibility index (Phi) is 5.16. The van der Waals surface area contributed by atoms with Crippen molar-refractivity contribution in [3.63, 3.8) is 0 Å². The fraction of sp³-hybridized carbons (Fsp3) is 0.222. The molecule has 0 amide bonds. The molecule has 1 atom stereocenters. The normalized spacial score (nSPS) is 16.3. The minimum absolute atomic E-state index is 0.0537. The largest absolute Gasteiger partial charge is 0.369 e. The SMILES string of the molecule is O=S(O)N1CCN(c2ccc(-c3cnn(-c4cc(F)cnc4F)c3)cc2)CC1. The second kappa shape index (κ2) is 7.74. The third-order valence-corrected chi connectivity index (χ3v) is 5.45. The van der Waals surface area contributed by atoms with Crippen LogP contribution < -0.4 is 4.90 Å². The van der Waals surface area contributed by atoms with Crippen molar-refractivity contribution in [3.05, 3.63) is 60.7 Å². The quantitative estimate of drug-likeness (QED) is 0.533. The van der Waals surface area contributed by atoms with Crippen molar-refractivity contribution in [2.75, 3.05) is 31.1 Å². The zero-order valence-electron chi connectivity index (χ0n) is 14.7. The summed E-state index contributed by atoms with van der Waals surface area (Å²) in [7, 11) is 0. The van der Waals surface area contributed by atoms with Crippen molar-refractivity contribution < 1.29 is 17.5 Å². The number of aromatic nitrogens is 3. The highest BCUT2D eigenvalue weighted by atomic mass is 32.2. The molecule has 3 aromatic rings. The molecule has 0 bridgehead atoms. The van der Waals surface area contributed by atoms with Gasteiger partial charge in [0.25, 0.3) is 0 Å². The van der Waals surface area contributed by atoms with Gasteiger partial charge in [-0.05, 0) is 17.7 Å². The number of hydrogen-bond acceptors (Lipinski definition) is 4. The molecule has 28 heavy (non-hydrogen) atoms. The summed E-state index contributed by atoms with van der Waals surface area (Å²) in [6, 6.07) is 8.81. The molecule has 146 valence electrons. The van der Waals surface area contributed by atoms with E-state index in [4.69, 9.17) is 4.55 Å². The Bertz CT molecular complexity index is 1000. The van der Waals surface area contributed by atoms with Gasteiger partial charge in [0.1, 0.15) is 11.5 Å². The maximum atomic E-state index is 13.8. The van der Waals surface area contributed by atoms with Crippen LogP contribution in [0, 0.1) is 11.8 Å². The van der Waals surface area contributed by atoms with Crippen molar-refractivity contribution in [3.8, 4) is 16.8 Å². The molecule has 0 radical (unpaired) electrons. The molecule has 7 nitrogen and oxygen atoms in total. The third-order valence-electron chi connectivity index (χ3n) is 4.64. The molecule has 0 aliphatic carbocycles. The summed E-state index contributed by atoms with van der Waals surface area (Å²) in [5, 5.41) is 4.10. The first-order valence-electron chi connectivity index (χ1n) is 8.58. The molecule has 1 aromatic carbocycles. The maximum Gasteiger partial charge on any atom is 0.238 e. The second-order valence-electron chi connectivity index (χ2n) is 6.33. The Morgan fingerprint density at radius 2 is 1.71 bits per heavy atom. The van der Waals surface area contributed by atoms with E-state index >= 15 is 0 Å². The topological polar surface area (TPSA) is 74.5 Å². The minimum Gasteiger partial charge on any atom is -0.369 e. The van der Waals surface area contributed by atoms with Gasteiger partial charge >= 0.3 is 0 Å². The van der Waals surface area contributed by atoms with E-state index in [-0.39, 0.29) is 5.69 Å². The lowest BCUT2D eigenvalue weighted by atomic mass is 10.1. The minimum atomic E-state index is -1.93. The van der Waals surface area contributed by atoms with E-state index in [2.05, 4.69) is 15.0 Å². The molecule has 4 rings (SSSR count). The average Bonchev–Trinajstić information content (AvgIpc) is 3.20.